The van der Waals surface area contributed by atoms with Gasteiger partial charge in [0.15, 0.2) is 0 Å². The minimum atomic E-state index is 0.748. The zero-order valence-corrected chi connectivity index (χ0v) is 11.6. The predicted molar refractivity (Wildman–Crippen MR) is 72.1 cm³/mol. The fourth-order valence-corrected chi connectivity index (χ4v) is 2.59. The maximum atomic E-state index is 4.55. The summed E-state index contributed by atoms with van der Waals surface area (Å²) in [5.41, 5.74) is 1.28. The van der Waals surface area contributed by atoms with Crippen molar-refractivity contribution in [3.63, 3.8) is 0 Å². The first-order valence-electron chi connectivity index (χ1n) is 6.38. The van der Waals surface area contributed by atoms with E-state index in [1.165, 1.54) is 30.0 Å². The molecular weight excluding hydrogens is 216 g/mol. The van der Waals surface area contributed by atoms with E-state index in [9.17, 15) is 0 Å². The van der Waals surface area contributed by atoms with Gasteiger partial charge in [0.05, 0.1) is 10.7 Å². The Morgan fingerprint density at radius 3 is 2.75 bits per heavy atom. The average molecular weight is 240 g/mol. The molecule has 1 atom stereocenters. The smallest absolute Gasteiger partial charge is 0.0897 e. The highest BCUT2D eigenvalue weighted by atomic mass is 32.1. The van der Waals surface area contributed by atoms with E-state index < -0.39 is 0 Å². The molecule has 0 fully saturated rings. The second-order valence-electron chi connectivity index (χ2n) is 4.42. The molecule has 0 aliphatic heterocycles. The highest BCUT2D eigenvalue weighted by Crippen LogP contribution is 2.16. The number of aryl methyl sites for hydroxylation is 1. The van der Waals surface area contributed by atoms with Gasteiger partial charge in [0.1, 0.15) is 0 Å². The van der Waals surface area contributed by atoms with Crippen LogP contribution in [0.15, 0.2) is 5.38 Å². The number of thiazole rings is 1. The van der Waals surface area contributed by atoms with Crippen LogP contribution in [-0.4, -0.2) is 18.1 Å². The molecule has 0 saturated carbocycles. The summed E-state index contributed by atoms with van der Waals surface area (Å²) in [6.07, 6.45) is 4.92. The Balaban J connectivity index is 2.37. The van der Waals surface area contributed by atoms with E-state index >= 15 is 0 Å². The molecular formula is C13H24N2S. The molecule has 1 heterocycles. The summed E-state index contributed by atoms with van der Waals surface area (Å²) < 4.78 is 0. The predicted octanol–water partition coefficient (Wildman–Crippen LogP) is 3.41. The van der Waals surface area contributed by atoms with Crippen LogP contribution in [-0.2, 0) is 6.42 Å². The lowest BCUT2D eigenvalue weighted by Gasteiger charge is -2.15. The van der Waals surface area contributed by atoms with Gasteiger partial charge in [-0.15, -0.1) is 11.3 Å². The molecule has 0 spiro atoms. The molecule has 3 heteroatoms. The topological polar surface area (TPSA) is 24.9 Å². The minimum Gasteiger partial charge on any atom is -0.316 e. The zero-order valence-electron chi connectivity index (χ0n) is 10.8. The van der Waals surface area contributed by atoms with Gasteiger partial charge >= 0.3 is 0 Å². The lowest BCUT2D eigenvalue weighted by molar-refractivity contribution is 0.436. The molecule has 0 radical (unpaired) electrons. The van der Waals surface area contributed by atoms with Crippen molar-refractivity contribution in [1.29, 1.82) is 0 Å². The third kappa shape index (κ3) is 5.08. The van der Waals surface area contributed by atoms with E-state index in [0.29, 0.717) is 0 Å². The van der Waals surface area contributed by atoms with Gasteiger partial charge in [0.2, 0.25) is 0 Å². The van der Waals surface area contributed by atoms with Gasteiger partial charge in [-0.25, -0.2) is 4.98 Å². The Labute approximate surface area is 103 Å². The molecule has 16 heavy (non-hydrogen) atoms. The zero-order chi connectivity index (χ0) is 11.8. The van der Waals surface area contributed by atoms with Crippen molar-refractivity contribution in [1.82, 2.24) is 10.3 Å². The van der Waals surface area contributed by atoms with E-state index in [1.807, 2.05) is 0 Å². The Morgan fingerprint density at radius 2 is 2.19 bits per heavy atom. The number of aromatic nitrogens is 1. The maximum Gasteiger partial charge on any atom is 0.0897 e. The van der Waals surface area contributed by atoms with E-state index in [4.69, 9.17) is 0 Å². The third-order valence-electron chi connectivity index (χ3n) is 2.72. The Kier molecular flexibility index (Phi) is 6.65. The number of hydrogen-bond donors (Lipinski definition) is 1. The first-order valence-corrected chi connectivity index (χ1v) is 7.25. The minimum absolute atomic E-state index is 0.748. The van der Waals surface area contributed by atoms with Gasteiger partial charge in [-0.3, -0.25) is 0 Å². The van der Waals surface area contributed by atoms with Crippen LogP contribution >= 0.6 is 11.3 Å². The van der Waals surface area contributed by atoms with Gasteiger partial charge in [0, 0.05) is 5.38 Å². The lowest BCUT2D eigenvalue weighted by atomic mass is 9.98. The lowest BCUT2D eigenvalue weighted by Crippen LogP contribution is -2.25. The van der Waals surface area contributed by atoms with Crippen molar-refractivity contribution < 1.29 is 0 Å². The fraction of sp³-hybridized carbons (Fsp3) is 0.769. The van der Waals surface area contributed by atoms with E-state index in [2.05, 4.69) is 36.5 Å². The standard InChI is InChI=1S/C13H24N2S/c1-4-6-12(9-14-7-5-2)8-13-10-16-11(3)15-13/h10,12,14H,4-9H2,1-3H3. The number of nitrogens with one attached hydrogen (secondary N) is 1. The van der Waals surface area contributed by atoms with Crippen molar-refractivity contribution in [3.05, 3.63) is 16.1 Å². The summed E-state index contributed by atoms with van der Waals surface area (Å²) in [5.74, 6) is 0.748. The summed E-state index contributed by atoms with van der Waals surface area (Å²) >= 11 is 1.76. The molecule has 1 N–H and O–H groups in total. The van der Waals surface area contributed by atoms with Crippen molar-refractivity contribution in [2.24, 2.45) is 5.92 Å². The quantitative estimate of drug-likeness (QED) is 0.704. The highest BCUT2D eigenvalue weighted by molar-refractivity contribution is 7.09. The van der Waals surface area contributed by atoms with Crippen molar-refractivity contribution in [2.75, 3.05) is 13.1 Å². The maximum absolute atomic E-state index is 4.55. The van der Waals surface area contributed by atoms with Crippen LogP contribution in [0.25, 0.3) is 0 Å². The molecule has 0 bridgehead atoms. The summed E-state index contributed by atoms with van der Waals surface area (Å²) in [4.78, 5) is 4.55. The van der Waals surface area contributed by atoms with Gasteiger partial charge in [-0.1, -0.05) is 20.3 Å². The molecule has 0 amide bonds. The molecule has 0 saturated heterocycles. The molecule has 0 aliphatic rings. The van der Waals surface area contributed by atoms with E-state index in [0.717, 1.165) is 25.4 Å². The average Bonchev–Trinajstić information content (AvgIpc) is 2.65. The van der Waals surface area contributed by atoms with Crippen LogP contribution in [0.5, 0.6) is 0 Å². The molecule has 2 nitrogen and oxygen atoms in total. The van der Waals surface area contributed by atoms with Gasteiger partial charge in [-0.05, 0) is 45.2 Å². The molecule has 1 aromatic rings. The van der Waals surface area contributed by atoms with Gasteiger partial charge < -0.3 is 5.32 Å². The fourth-order valence-electron chi connectivity index (χ4n) is 1.97. The summed E-state index contributed by atoms with van der Waals surface area (Å²) in [5, 5.41) is 6.92. The summed E-state index contributed by atoms with van der Waals surface area (Å²) in [6, 6.07) is 0. The molecule has 92 valence electrons. The first kappa shape index (κ1) is 13.7. The molecule has 1 rings (SSSR count). The largest absolute Gasteiger partial charge is 0.316 e. The van der Waals surface area contributed by atoms with Crippen LogP contribution in [0.4, 0.5) is 0 Å². The van der Waals surface area contributed by atoms with Gasteiger partial charge in [0.25, 0.3) is 0 Å². The monoisotopic (exact) mass is 240 g/mol. The molecule has 0 aromatic carbocycles. The number of nitrogens with zero attached hydrogens (tertiary/aromatic N) is 1. The first-order chi connectivity index (χ1) is 7.76. The van der Waals surface area contributed by atoms with Crippen LogP contribution in [0, 0.1) is 12.8 Å². The summed E-state index contributed by atoms with van der Waals surface area (Å²) in [7, 11) is 0. The number of hydrogen-bond acceptors (Lipinski definition) is 3. The molecule has 0 aliphatic carbocycles. The second-order valence-corrected chi connectivity index (χ2v) is 5.48. The Hall–Kier alpha value is -0.410. The Morgan fingerprint density at radius 1 is 1.38 bits per heavy atom. The molecule has 1 aromatic heterocycles. The SMILES string of the molecule is CCCNCC(CCC)Cc1csc(C)n1. The second kappa shape index (κ2) is 7.80. The van der Waals surface area contributed by atoms with Crippen LogP contribution in [0.1, 0.15) is 43.8 Å². The van der Waals surface area contributed by atoms with Crippen molar-refractivity contribution in [3.8, 4) is 0 Å². The van der Waals surface area contributed by atoms with Crippen LogP contribution < -0.4 is 5.32 Å². The van der Waals surface area contributed by atoms with Gasteiger partial charge in [-0.2, -0.15) is 0 Å². The van der Waals surface area contributed by atoms with E-state index in [-0.39, 0.29) is 0 Å². The van der Waals surface area contributed by atoms with Crippen LogP contribution in [0.2, 0.25) is 0 Å². The normalized spacial score (nSPS) is 12.9. The van der Waals surface area contributed by atoms with E-state index in [1.54, 1.807) is 11.3 Å². The third-order valence-corrected chi connectivity index (χ3v) is 3.54. The summed E-state index contributed by atoms with van der Waals surface area (Å²) in [6.45, 7) is 8.83. The molecule has 1 unspecified atom stereocenters. The van der Waals surface area contributed by atoms with Crippen molar-refractivity contribution >= 4 is 11.3 Å². The number of rotatable bonds is 8. The highest BCUT2D eigenvalue weighted by Gasteiger charge is 2.10. The van der Waals surface area contributed by atoms with Crippen LogP contribution in [0.3, 0.4) is 0 Å². The van der Waals surface area contributed by atoms with Crippen molar-refractivity contribution in [2.45, 2.75) is 46.5 Å². The Bertz CT molecular complexity index is 283.